The summed E-state index contributed by atoms with van der Waals surface area (Å²) in [6, 6.07) is 0.0488. The van der Waals surface area contributed by atoms with E-state index in [1.807, 2.05) is 6.92 Å². The van der Waals surface area contributed by atoms with Crippen LogP contribution < -0.4 is 5.32 Å². The van der Waals surface area contributed by atoms with Crippen molar-refractivity contribution in [3.8, 4) is 0 Å². The molecule has 1 fully saturated rings. The number of nitrogens with one attached hydrogen (secondary N) is 1. The lowest BCUT2D eigenvalue weighted by Crippen LogP contribution is -2.36. The highest BCUT2D eigenvalue weighted by Crippen LogP contribution is 2.26. The number of carbonyl (C=O) groups excluding carboxylic acids is 1. The Morgan fingerprint density at radius 2 is 2.16 bits per heavy atom. The van der Waals surface area contributed by atoms with E-state index < -0.39 is 0 Å². The van der Waals surface area contributed by atoms with Crippen LogP contribution in [0.15, 0.2) is 0 Å². The van der Waals surface area contributed by atoms with E-state index in [1.165, 1.54) is 4.88 Å². The lowest BCUT2D eigenvalue weighted by atomic mass is 9.99. The number of ether oxygens (including phenoxy) is 1. The van der Waals surface area contributed by atoms with Crippen molar-refractivity contribution < 1.29 is 9.53 Å². The highest BCUT2D eigenvalue weighted by atomic mass is 32.1. The number of hydrogen-bond donors (Lipinski definition) is 1. The average Bonchev–Trinajstić information content (AvgIpc) is 2.76. The maximum atomic E-state index is 12.2. The summed E-state index contributed by atoms with van der Waals surface area (Å²) in [7, 11) is 0. The van der Waals surface area contributed by atoms with Crippen molar-refractivity contribution in [1.29, 1.82) is 0 Å². The first-order valence-corrected chi connectivity index (χ1v) is 7.75. The predicted octanol–water partition coefficient (Wildman–Crippen LogP) is 2.75. The fourth-order valence-electron chi connectivity index (χ4n) is 2.23. The second kappa shape index (κ2) is 6.48. The smallest absolute Gasteiger partial charge is 0.223 e. The Balaban J connectivity index is 2.00. The van der Waals surface area contributed by atoms with Crippen molar-refractivity contribution in [2.45, 2.75) is 46.1 Å². The van der Waals surface area contributed by atoms with Crippen LogP contribution in [0.2, 0.25) is 0 Å². The second-order valence-electron chi connectivity index (χ2n) is 5.05. The molecule has 2 rings (SSSR count). The van der Waals surface area contributed by atoms with Crippen molar-refractivity contribution in [3.63, 3.8) is 0 Å². The quantitative estimate of drug-likeness (QED) is 0.924. The molecule has 4 nitrogen and oxygen atoms in total. The van der Waals surface area contributed by atoms with Crippen LogP contribution >= 0.6 is 11.3 Å². The van der Waals surface area contributed by atoms with E-state index in [1.54, 1.807) is 11.3 Å². The van der Waals surface area contributed by atoms with Gasteiger partial charge < -0.3 is 10.1 Å². The molecule has 0 aliphatic carbocycles. The molecular formula is C14H22N2O2S. The molecule has 1 unspecified atom stereocenters. The van der Waals surface area contributed by atoms with E-state index in [4.69, 9.17) is 4.74 Å². The van der Waals surface area contributed by atoms with Gasteiger partial charge in [0.25, 0.3) is 0 Å². The highest BCUT2D eigenvalue weighted by Gasteiger charge is 2.25. The van der Waals surface area contributed by atoms with Gasteiger partial charge >= 0.3 is 0 Å². The first-order valence-electron chi connectivity index (χ1n) is 6.93. The molecule has 0 aromatic carbocycles. The van der Waals surface area contributed by atoms with Crippen LogP contribution in [-0.2, 0) is 9.53 Å². The summed E-state index contributed by atoms with van der Waals surface area (Å²) in [4.78, 5) is 18.0. The molecule has 0 saturated carbocycles. The lowest BCUT2D eigenvalue weighted by Gasteiger charge is -2.23. The lowest BCUT2D eigenvalue weighted by molar-refractivity contribution is -0.128. The van der Waals surface area contributed by atoms with Gasteiger partial charge in [-0.2, -0.15) is 0 Å². The van der Waals surface area contributed by atoms with Crippen LogP contribution in [0.25, 0.3) is 0 Å². The largest absolute Gasteiger partial charge is 0.381 e. The standard InChI is InChI=1S/C14H22N2O2S/c1-4-12(14-15-9(2)10(3)19-14)16-13(17)11-5-7-18-8-6-11/h11-12H,4-8H2,1-3H3,(H,16,17). The number of carbonyl (C=O) groups is 1. The fraction of sp³-hybridized carbons (Fsp3) is 0.714. The Kier molecular flexibility index (Phi) is 4.93. The molecule has 0 radical (unpaired) electrons. The van der Waals surface area contributed by atoms with Crippen molar-refractivity contribution in [3.05, 3.63) is 15.6 Å². The fourth-order valence-corrected chi connectivity index (χ4v) is 3.29. The van der Waals surface area contributed by atoms with Gasteiger partial charge in [-0.15, -0.1) is 11.3 Å². The molecule has 106 valence electrons. The van der Waals surface area contributed by atoms with Gasteiger partial charge in [0.2, 0.25) is 5.91 Å². The van der Waals surface area contributed by atoms with Crippen molar-refractivity contribution in [1.82, 2.24) is 10.3 Å². The van der Waals surface area contributed by atoms with Gasteiger partial charge in [0.05, 0.1) is 11.7 Å². The van der Waals surface area contributed by atoms with Gasteiger partial charge in [-0.25, -0.2) is 4.98 Å². The molecule has 1 saturated heterocycles. The summed E-state index contributed by atoms with van der Waals surface area (Å²) in [6.07, 6.45) is 2.54. The Bertz CT molecular complexity index is 419. The summed E-state index contributed by atoms with van der Waals surface area (Å²) in [5.74, 6) is 0.255. The Hall–Kier alpha value is -0.940. The maximum Gasteiger partial charge on any atom is 0.223 e. The number of nitrogens with zero attached hydrogens (tertiary/aromatic N) is 1. The van der Waals surface area contributed by atoms with Crippen molar-refractivity contribution in [2.75, 3.05) is 13.2 Å². The van der Waals surface area contributed by atoms with Gasteiger partial charge in [0.15, 0.2) is 0 Å². The molecule has 5 heteroatoms. The zero-order chi connectivity index (χ0) is 13.8. The zero-order valence-electron chi connectivity index (χ0n) is 11.9. The van der Waals surface area contributed by atoms with E-state index in [9.17, 15) is 4.79 Å². The van der Waals surface area contributed by atoms with E-state index in [-0.39, 0.29) is 17.9 Å². The number of aryl methyl sites for hydroxylation is 2. The van der Waals surface area contributed by atoms with E-state index >= 15 is 0 Å². The highest BCUT2D eigenvalue weighted by molar-refractivity contribution is 7.11. The molecule has 1 N–H and O–H groups in total. The molecule has 1 aliphatic heterocycles. The molecule has 1 atom stereocenters. The van der Waals surface area contributed by atoms with Crippen molar-refractivity contribution >= 4 is 17.2 Å². The van der Waals surface area contributed by atoms with Gasteiger partial charge in [0, 0.05) is 24.0 Å². The summed E-state index contributed by atoms with van der Waals surface area (Å²) in [5, 5.41) is 4.17. The third kappa shape index (κ3) is 3.54. The van der Waals surface area contributed by atoms with Gasteiger partial charge in [-0.05, 0) is 33.1 Å². The normalized spacial score (nSPS) is 18.3. The van der Waals surface area contributed by atoms with Gasteiger partial charge in [0.1, 0.15) is 5.01 Å². The molecular weight excluding hydrogens is 260 g/mol. The summed E-state index contributed by atoms with van der Waals surface area (Å²) in [6.45, 7) is 7.57. The monoisotopic (exact) mass is 282 g/mol. The number of thiazole rings is 1. The average molecular weight is 282 g/mol. The van der Waals surface area contributed by atoms with E-state index in [2.05, 4.69) is 24.1 Å². The van der Waals surface area contributed by atoms with Crippen LogP contribution in [0.3, 0.4) is 0 Å². The molecule has 19 heavy (non-hydrogen) atoms. The molecule has 2 heterocycles. The number of rotatable bonds is 4. The maximum absolute atomic E-state index is 12.2. The molecule has 0 bridgehead atoms. The van der Waals surface area contributed by atoms with Crippen LogP contribution in [0.5, 0.6) is 0 Å². The third-order valence-corrected chi connectivity index (χ3v) is 4.85. The van der Waals surface area contributed by atoms with Crippen LogP contribution in [0.1, 0.15) is 47.8 Å². The first-order chi connectivity index (χ1) is 9.11. The van der Waals surface area contributed by atoms with Gasteiger partial charge in [-0.3, -0.25) is 4.79 Å². The number of aromatic nitrogens is 1. The molecule has 1 aromatic rings. The minimum atomic E-state index is 0.0488. The first kappa shape index (κ1) is 14.5. The third-order valence-electron chi connectivity index (χ3n) is 3.66. The van der Waals surface area contributed by atoms with E-state index in [0.29, 0.717) is 13.2 Å². The minimum absolute atomic E-state index is 0.0488. The van der Waals surface area contributed by atoms with Crippen molar-refractivity contribution in [2.24, 2.45) is 5.92 Å². The van der Waals surface area contributed by atoms with E-state index in [0.717, 1.165) is 30.0 Å². The Morgan fingerprint density at radius 1 is 1.47 bits per heavy atom. The van der Waals surface area contributed by atoms with Crippen LogP contribution in [0.4, 0.5) is 0 Å². The number of amides is 1. The second-order valence-corrected chi connectivity index (χ2v) is 6.28. The van der Waals surface area contributed by atoms with Crippen LogP contribution in [0, 0.1) is 19.8 Å². The topological polar surface area (TPSA) is 51.2 Å². The zero-order valence-corrected chi connectivity index (χ0v) is 12.7. The van der Waals surface area contributed by atoms with Gasteiger partial charge in [-0.1, -0.05) is 6.92 Å². The SMILES string of the molecule is CCC(NC(=O)C1CCOCC1)c1nc(C)c(C)s1. The molecule has 1 amide bonds. The Labute approximate surface area is 118 Å². The molecule has 1 aromatic heterocycles. The predicted molar refractivity (Wildman–Crippen MR) is 76.3 cm³/mol. The summed E-state index contributed by atoms with van der Waals surface area (Å²) < 4.78 is 5.29. The summed E-state index contributed by atoms with van der Waals surface area (Å²) >= 11 is 1.69. The summed E-state index contributed by atoms with van der Waals surface area (Å²) in [5.41, 5.74) is 1.07. The molecule has 1 aliphatic rings. The molecule has 0 spiro atoms. The number of hydrogen-bond acceptors (Lipinski definition) is 4. The van der Waals surface area contributed by atoms with Crippen LogP contribution in [-0.4, -0.2) is 24.1 Å². The minimum Gasteiger partial charge on any atom is -0.381 e. The Morgan fingerprint density at radius 3 is 2.68 bits per heavy atom.